The molecule has 0 aliphatic heterocycles. The van der Waals surface area contributed by atoms with E-state index in [1.165, 1.54) is 31.4 Å². The van der Waals surface area contributed by atoms with Gasteiger partial charge in [0.15, 0.2) is 0 Å². The van der Waals surface area contributed by atoms with Gasteiger partial charge in [-0.1, -0.05) is 24.3 Å². The summed E-state index contributed by atoms with van der Waals surface area (Å²) in [6.07, 6.45) is -11.9. The van der Waals surface area contributed by atoms with E-state index >= 15 is 0 Å². The summed E-state index contributed by atoms with van der Waals surface area (Å²) >= 11 is 0. The largest absolute Gasteiger partial charge is 0.469 e. The summed E-state index contributed by atoms with van der Waals surface area (Å²) in [5.41, 5.74) is -6.87. The number of rotatable bonds is 7. The first-order chi connectivity index (χ1) is 15.2. The standard InChI is InChI=1S/C21H18F7NO4/c1-33-18(31)4-2-3-17(30)29-14-8-5-12(6-9-14)15-10-7-13(11-16(15)22)19(32,20(23,24)25)21(26,27)28/h5-11,32H,2-4H2,1H3,(H,29,30). The molecule has 0 aromatic heterocycles. The number of halogens is 7. The third-order valence-corrected chi connectivity index (χ3v) is 4.70. The molecule has 2 aromatic rings. The number of hydrogen-bond donors (Lipinski definition) is 2. The van der Waals surface area contributed by atoms with E-state index in [0.29, 0.717) is 17.8 Å². The number of anilines is 1. The van der Waals surface area contributed by atoms with Gasteiger partial charge in [-0.3, -0.25) is 9.59 Å². The van der Waals surface area contributed by atoms with Gasteiger partial charge in [0.1, 0.15) is 5.82 Å². The maximum Gasteiger partial charge on any atom is 0.430 e. The third-order valence-electron chi connectivity index (χ3n) is 4.70. The fourth-order valence-corrected chi connectivity index (χ4v) is 2.91. The number of nitrogens with one attached hydrogen (secondary N) is 1. The summed E-state index contributed by atoms with van der Waals surface area (Å²) in [7, 11) is 1.22. The van der Waals surface area contributed by atoms with Crippen molar-refractivity contribution in [3.63, 3.8) is 0 Å². The Morgan fingerprint density at radius 3 is 2.00 bits per heavy atom. The van der Waals surface area contributed by atoms with Crippen LogP contribution in [0.25, 0.3) is 11.1 Å². The van der Waals surface area contributed by atoms with Gasteiger partial charge >= 0.3 is 18.3 Å². The number of hydrogen-bond acceptors (Lipinski definition) is 4. The Labute approximate surface area is 183 Å². The molecule has 0 saturated carbocycles. The minimum atomic E-state index is -6.13. The van der Waals surface area contributed by atoms with Gasteiger partial charge in [0.2, 0.25) is 5.91 Å². The predicted octanol–water partition coefficient (Wildman–Crippen LogP) is 5.09. The molecule has 0 fully saturated rings. The summed E-state index contributed by atoms with van der Waals surface area (Å²) < 4.78 is 96.7. The fraction of sp³-hybridized carbons (Fsp3) is 0.333. The van der Waals surface area contributed by atoms with Crippen LogP contribution in [0.1, 0.15) is 24.8 Å². The zero-order valence-electron chi connectivity index (χ0n) is 17.0. The first-order valence-electron chi connectivity index (χ1n) is 9.33. The molecule has 0 aliphatic rings. The number of aliphatic hydroxyl groups is 1. The zero-order valence-corrected chi connectivity index (χ0v) is 17.0. The highest BCUT2D eigenvalue weighted by atomic mass is 19.4. The van der Waals surface area contributed by atoms with Crippen LogP contribution in [0.4, 0.5) is 36.4 Å². The third kappa shape index (κ3) is 5.81. The molecular formula is C21H18F7NO4. The number of ether oxygens (including phenoxy) is 1. The molecule has 2 rings (SSSR count). The number of amides is 1. The van der Waals surface area contributed by atoms with Crippen LogP contribution in [0.5, 0.6) is 0 Å². The molecule has 0 atom stereocenters. The van der Waals surface area contributed by atoms with Crippen molar-refractivity contribution in [3.8, 4) is 11.1 Å². The highest BCUT2D eigenvalue weighted by Gasteiger charge is 2.71. The maximum atomic E-state index is 14.4. The molecule has 2 N–H and O–H groups in total. The first-order valence-corrected chi connectivity index (χ1v) is 9.33. The molecule has 0 heterocycles. The van der Waals surface area contributed by atoms with Gasteiger partial charge in [0, 0.05) is 29.7 Å². The molecule has 2 aromatic carbocycles. The Bertz CT molecular complexity index is 987. The molecule has 180 valence electrons. The molecule has 0 spiro atoms. The number of esters is 1. The number of carbonyl (C=O) groups excluding carboxylic acids is 2. The predicted molar refractivity (Wildman–Crippen MR) is 102 cm³/mol. The van der Waals surface area contributed by atoms with Gasteiger partial charge in [0.25, 0.3) is 5.60 Å². The quantitative estimate of drug-likeness (QED) is 0.427. The van der Waals surface area contributed by atoms with E-state index in [0.717, 1.165) is 0 Å². The summed E-state index contributed by atoms with van der Waals surface area (Å²) in [4.78, 5) is 22.9. The second kappa shape index (κ2) is 9.77. The molecule has 0 aliphatic carbocycles. The summed E-state index contributed by atoms with van der Waals surface area (Å²) in [5.74, 6) is -2.30. The van der Waals surface area contributed by atoms with Crippen molar-refractivity contribution in [2.75, 3.05) is 12.4 Å². The van der Waals surface area contributed by atoms with Crippen molar-refractivity contribution in [2.45, 2.75) is 37.2 Å². The van der Waals surface area contributed by atoms with Gasteiger partial charge in [-0.2, -0.15) is 26.3 Å². The van der Waals surface area contributed by atoms with Crippen molar-refractivity contribution >= 4 is 17.6 Å². The van der Waals surface area contributed by atoms with Gasteiger partial charge < -0.3 is 15.2 Å². The smallest absolute Gasteiger partial charge is 0.430 e. The van der Waals surface area contributed by atoms with Gasteiger partial charge in [-0.05, 0) is 30.2 Å². The summed E-state index contributed by atoms with van der Waals surface area (Å²) in [6.45, 7) is 0. The van der Waals surface area contributed by atoms with Crippen LogP contribution in [0.15, 0.2) is 42.5 Å². The number of benzene rings is 2. The van der Waals surface area contributed by atoms with Crippen LogP contribution in [0.3, 0.4) is 0 Å². The Morgan fingerprint density at radius 1 is 0.939 bits per heavy atom. The van der Waals surface area contributed by atoms with Crippen molar-refractivity contribution < 1.29 is 50.2 Å². The lowest BCUT2D eigenvalue weighted by Gasteiger charge is -2.32. The lowest BCUT2D eigenvalue weighted by atomic mass is 9.90. The van der Waals surface area contributed by atoms with Crippen LogP contribution in [0, 0.1) is 5.82 Å². The lowest BCUT2D eigenvalue weighted by molar-refractivity contribution is -0.376. The van der Waals surface area contributed by atoms with E-state index in [1.54, 1.807) is 0 Å². The molecule has 1 amide bonds. The van der Waals surface area contributed by atoms with E-state index < -0.39 is 41.2 Å². The molecule has 0 bridgehead atoms. The van der Waals surface area contributed by atoms with Crippen LogP contribution >= 0.6 is 0 Å². The topological polar surface area (TPSA) is 75.6 Å². The monoisotopic (exact) mass is 481 g/mol. The molecule has 0 unspecified atom stereocenters. The van der Waals surface area contributed by atoms with Gasteiger partial charge in [0.05, 0.1) is 7.11 Å². The molecule has 33 heavy (non-hydrogen) atoms. The molecule has 0 radical (unpaired) electrons. The van der Waals surface area contributed by atoms with E-state index in [2.05, 4.69) is 10.1 Å². The van der Waals surface area contributed by atoms with Crippen molar-refractivity contribution in [3.05, 3.63) is 53.8 Å². The van der Waals surface area contributed by atoms with Crippen LogP contribution in [-0.4, -0.2) is 36.4 Å². The Balaban J connectivity index is 2.19. The van der Waals surface area contributed by atoms with E-state index in [4.69, 9.17) is 0 Å². The second-order valence-electron chi connectivity index (χ2n) is 6.96. The lowest BCUT2D eigenvalue weighted by Crippen LogP contribution is -2.53. The molecule has 12 heteroatoms. The Kier molecular flexibility index (Phi) is 7.73. The highest BCUT2D eigenvalue weighted by molar-refractivity contribution is 5.91. The van der Waals surface area contributed by atoms with Crippen LogP contribution in [-0.2, 0) is 19.9 Å². The van der Waals surface area contributed by atoms with Crippen molar-refractivity contribution in [1.82, 2.24) is 0 Å². The van der Waals surface area contributed by atoms with Crippen molar-refractivity contribution in [2.24, 2.45) is 0 Å². The molecule has 0 saturated heterocycles. The summed E-state index contributed by atoms with van der Waals surface area (Å²) in [6, 6.07) is 6.30. The van der Waals surface area contributed by atoms with Crippen LogP contribution < -0.4 is 5.32 Å². The number of alkyl halides is 6. The Morgan fingerprint density at radius 2 is 1.52 bits per heavy atom. The summed E-state index contributed by atoms with van der Waals surface area (Å²) in [5, 5.41) is 11.9. The normalized spacial score (nSPS) is 12.4. The zero-order chi connectivity index (χ0) is 25.0. The average Bonchev–Trinajstić information content (AvgIpc) is 2.72. The highest BCUT2D eigenvalue weighted by Crippen LogP contribution is 2.50. The van der Waals surface area contributed by atoms with E-state index in [1.807, 2.05) is 0 Å². The molecule has 5 nitrogen and oxygen atoms in total. The Hall–Kier alpha value is -3.15. The van der Waals surface area contributed by atoms with E-state index in [-0.39, 0.29) is 36.5 Å². The maximum absolute atomic E-state index is 14.4. The van der Waals surface area contributed by atoms with Gasteiger partial charge in [-0.25, -0.2) is 4.39 Å². The average molecular weight is 481 g/mol. The number of methoxy groups -OCH3 is 1. The van der Waals surface area contributed by atoms with Crippen molar-refractivity contribution in [1.29, 1.82) is 0 Å². The fourth-order valence-electron chi connectivity index (χ4n) is 2.91. The van der Waals surface area contributed by atoms with E-state index in [9.17, 15) is 45.4 Å². The first kappa shape index (κ1) is 26.1. The SMILES string of the molecule is COC(=O)CCCC(=O)Nc1ccc(-c2ccc(C(O)(C(F)(F)F)C(F)(F)F)cc2F)cc1. The minimum absolute atomic E-state index is 0.0205. The molecular weight excluding hydrogens is 463 g/mol. The van der Waals surface area contributed by atoms with Crippen LogP contribution in [0.2, 0.25) is 0 Å². The number of carbonyl (C=O) groups is 2. The van der Waals surface area contributed by atoms with Gasteiger partial charge in [-0.15, -0.1) is 0 Å². The minimum Gasteiger partial charge on any atom is -0.469 e. The second-order valence-corrected chi connectivity index (χ2v) is 6.96.